The number of hydrogen-bond donors (Lipinski definition) is 1. The number of hydrogen-bond acceptors (Lipinski definition) is 7. The fourth-order valence-electron chi connectivity index (χ4n) is 3.53. The van der Waals surface area contributed by atoms with E-state index in [-0.39, 0.29) is 41.0 Å². The summed E-state index contributed by atoms with van der Waals surface area (Å²) in [4.78, 5) is 23.9. The first-order valence-electron chi connectivity index (χ1n) is 11.1. The summed E-state index contributed by atoms with van der Waals surface area (Å²) < 4.78 is 22.9. The minimum atomic E-state index is -0.395. The molecule has 3 rings (SSSR count). The van der Waals surface area contributed by atoms with Crippen molar-refractivity contribution >= 4 is 16.8 Å². The number of phenols is 1. The number of ketones is 1. The van der Waals surface area contributed by atoms with E-state index in [4.69, 9.17) is 18.6 Å². The van der Waals surface area contributed by atoms with Gasteiger partial charge in [0, 0.05) is 23.8 Å². The van der Waals surface area contributed by atoms with Crippen molar-refractivity contribution in [3.63, 3.8) is 0 Å². The number of aromatic hydroxyl groups is 1. The highest BCUT2D eigenvalue weighted by molar-refractivity contribution is 5.86. The zero-order chi connectivity index (χ0) is 24.0. The Kier molecular flexibility index (Phi) is 7.98. The molecule has 1 aromatic heterocycles. The van der Waals surface area contributed by atoms with Crippen LogP contribution < -0.4 is 19.6 Å². The molecule has 0 amide bonds. The average molecular weight is 455 g/mol. The van der Waals surface area contributed by atoms with Crippen molar-refractivity contribution in [2.24, 2.45) is 0 Å². The van der Waals surface area contributed by atoms with Crippen LogP contribution in [0.3, 0.4) is 0 Å². The lowest BCUT2D eigenvalue weighted by molar-refractivity contribution is -0.118. The molecule has 0 aliphatic carbocycles. The van der Waals surface area contributed by atoms with Gasteiger partial charge in [0.25, 0.3) is 0 Å². The van der Waals surface area contributed by atoms with Crippen LogP contribution in [-0.4, -0.2) is 30.7 Å². The Morgan fingerprint density at radius 2 is 1.91 bits per heavy atom. The zero-order valence-corrected chi connectivity index (χ0v) is 19.5. The Morgan fingerprint density at radius 3 is 2.61 bits per heavy atom. The van der Waals surface area contributed by atoms with Crippen LogP contribution in [0.4, 0.5) is 0 Å². The topological polar surface area (TPSA) is 95.2 Å². The molecule has 1 unspecified atom stereocenters. The Bertz CT molecular complexity index is 1180. The first-order chi connectivity index (χ1) is 15.8. The van der Waals surface area contributed by atoms with Crippen molar-refractivity contribution in [3.8, 4) is 34.3 Å². The fourth-order valence-corrected chi connectivity index (χ4v) is 3.53. The van der Waals surface area contributed by atoms with Gasteiger partial charge in [0.05, 0.1) is 13.2 Å². The molecule has 1 heterocycles. The van der Waals surface area contributed by atoms with Crippen LogP contribution in [-0.2, 0) is 4.79 Å². The predicted molar refractivity (Wildman–Crippen MR) is 127 cm³/mol. The lowest BCUT2D eigenvalue weighted by Gasteiger charge is -2.17. The van der Waals surface area contributed by atoms with Gasteiger partial charge in [-0.3, -0.25) is 9.59 Å². The van der Waals surface area contributed by atoms with Gasteiger partial charge in [0.1, 0.15) is 34.8 Å². The van der Waals surface area contributed by atoms with E-state index < -0.39 is 5.43 Å². The molecule has 0 bridgehead atoms. The molecular formula is C26H30O7. The molecule has 3 aromatic rings. The monoisotopic (exact) mass is 454 g/mol. The molecule has 0 saturated heterocycles. The fraction of sp³-hybridized carbons (Fsp3) is 0.385. The Balaban J connectivity index is 1.97. The lowest BCUT2D eigenvalue weighted by Crippen LogP contribution is -2.12. The summed E-state index contributed by atoms with van der Waals surface area (Å²) in [5.41, 5.74) is 0.385. The molecular weight excluding hydrogens is 424 g/mol. The molecule has 0 spiro atoms. The van der Waals surface area contributed by atoms with Crippen molar-refractivity contribution in [2.75, 3.05) is 13.7 Å². The summed E-state index contributed by atoms with van der Waals surface area (Å²) >= 11 is 0. The number of fused-ring (bicyclic) bond motifs is 1. The quantitative estimate of drug-likeness (QED) is 0.383. The Morgan fingerprint density at radius 1 is 1.12 bits per heavy atom. The molecule has 7 heteroatoms. The highest BCUT2D eigenvalue weighted by atomic mass is 16.5. The van der Waals surface area contributed by atoms with E-state index in [0.29, 0.717) is 22.8 Å². The number of phenolic OH excluding ortho intramolecular Hbond substituents is 1. The lowest BCUT2D eigenvalue weighted by atomic mass is 10.1. The third-order valence-electron chi connectivity index (χ3n) is 5.22. The Labute approximate surface area is 192 Å². The third kappa shape index (κ3) is 6.06. The number of benzene rings is 2. The number of ether oxygens (including phenoxy) is 3. The molecule has 0 saturated carbocycles. The molecule has 176 valence electrons. The summed E-state index contributed by atoms with van der Waals surface area (Å²) in [5.74, 6) is 1.24. The van der Waals surface area contributed by atoms with E-state index in [9.17, 15) is 14.7 Å². The summed E-state index contributed by atoms with van der Waals surface area (Å²) in [7, 11) is 1.57. The van der Waals surface area contributed by atoms with Gasteiger partial charge in [-0.2, -0.15) is 0 Å². The van der Waals surface area contributed by atoms with Gasteiger partial charge in [-0.15, -0.1) is 0 Å². The maximum absolute atomic E-state index is 12.7. The summed E-state index contributed by atoms with van der Waals surface area (Å²) in [6.45, 7) is 5.43. The second-order valence-corrected chi connectivity index (χ2v) is 8.07. The van der Waals surface area contributed by atoms with Gasteiger partial charge < -0.3 is 23.7 Å². The van der Waals surface area contributed by atoms with E-state index in [0.717, 1.165) is 25.7 Å². The smallest absolute Gasteiger partial charge is 0.197 e. The third-order valence-corrected chi connectivity index (χ3v) is 5.22. The average Bonchev–Trinajstić information content (AvgIpc) is 2.77. The van der Waals surface area contributed by atoms with Crippen molar-refractivity contribution in [1.82, 2.24) is 0 Å². The second kappa shape index (κ2) is 10.9. The van der Waals surface area contributed by atoms with Crippen molar-refractivity contribution in [3.05, 3.63) is 46.6 Å². The van der Waals surface area contributed by atoms with E-state index in [2.05, 4.69) is 6.92 Å². The van der Waals surface area contributed by atoms with Crippen LogP contribution in [0, 0.1) is 0 Å². The molecule has 0 aliphatic rings. The second-order valence-electron chi connectivity index (χ2n) is 8.07. The summed E-state index contributed by atoms with van der Waals surface area (Å²) in [6, 6.07) is 9.41. The Hall–Kier alpha value is -3.48. The van der Waals surface area contributed by atoms with Gasteiger partial charge in [0.15, 0.2) is 22.7 Å². The van der Waals surface area contributed by atoms with Crippen molar-refractivity contribution in [1.29, 1.82) is 0 Å². The summed E-state index contributed by atoms with van der Waals surface area (Å²) in [6.07, 6.45) is 4.30. The van der Waals surface area contributed by atoms with Gasteiger partial charge in [0.2, 0.25) is 0 Å². The van der Waals surface area contributed by atoms with Crippen LogP contribution in [0.1, 0.15) is 46.5 Å². The van der Waals surface area contributed by atoms with E-state index in [1.165, 1.54) is 25.1 Å². The number of carbonyl (C=O) groups is 1. The van der Waals surface area contributed by atoms with Crippen LogP contribution in [0.2, 0.25) is 0 Å². The number of rotatable bonds is 11. The minimum absolute atomic E-state index is 0.00208. The van der Waals surface area contributed by atoms with E-state index >= 15 is 0 Å². The highest BCUT2D eigenvalue weighted by Gasteiger charge is 2.16. The van der Waals surface area contributed by atoms with Crippen LogP contribution in [0.25, 0.3) is 22.3 Å². The van der Waals surface area contributed by atoms with Crippen molar-refractivity contribution in [2.45, 2.75) is 52.6 Å². The zero-order valence-electron chi connectivity index (χ0n) is 19.5. The predicted octanol–water partition coefficient (Wildman–Crippen LogP) is 5.49. The van der Waals surface area contributed by atoms with Crippen LogP contribution in [0.5, 0.6) is 23.0 Å². The number of Topliss-reactive ketones (excluding diaryl/α,β-unsaturated/α-hetero) is 1. The molecule has 0 radical (unpaired) electrons. The number of carbonyl (C=O) groups excluding carboxylic acids is 1. The van der Waals surface area contributed by atoms with E-state index in [1.807, 2.05) is 6.92 Å². The highest BCUT2D eigenvalue weighted by Crippen LogP contribution is 2.35. The molecule has 7 nitrogen and oxygen atoms in total. The van der Waals surface area contributed by atoms with E-state index in [1.54, 1.807) is 25.3 Å². The van der Waals surface area contributed by atoms with Crippen molar-refractivity contribution < 1.29 is 28.5 Å². The first-order valence-corrected chi connectivity index (χ1v) is 11.1. The normalized spacial score (nSPS) is 11.9. The van der Waals surface area contributed by atoms with Crippen LogP contribution in [0.15, 0.2) is 45.6 Å². The maximum Gasteiger partial charge on any atom is 0.197 e. The van der Waals surface area contributed by atoms with Gasteiger partial charge in [-0.05, 0) is 44.9 Å². The molecule has 33 heavy (non-hydrogen) atoms. The standard InChI is InChI=1S/C26H30O7/c1-5-6-7-8-17(3)32-24-11-18(9-10-22(24)30-4)23-14-21(29)26-20(28)12-19(13-25(26)33-23)31-15-16(2)27/h9-14,17,28H,5-8,15H2,1-4H3. The first kappa shape index (κ1) is 24.2. The molecule has 1 N–H and O–H groups in total. The van der Waals surface area contributed by atoms with Gasteiger partial charge in [-0.25, -0.2) is 0 Å². The molecule has 0 fully saturated rings. The number of unbranched alkanes of at least 4 members (excludes halogenated alkanes) is 2. The molecule has 1 atom stereocenters. The van der Waals surface area contributed by atoms with Gasteiger partial charge in [-0.1, -0.05) is 19.8 Å². The SMILES string of the molecule is CCCCCC(C)Oc1cc(-c2cc(=O)c3c(O)cc(OCC(C)=O)cc3o2)ccc1OC. The molecule has 0 aliphatic heterocycles. The summed E-state index contributed by atoms with van der Waals surface area (Å²) in [5, 5.41) is 10.3. The number of methoxy groups -OCH3 is 1. The molecule has 2 aromatic carbocycles. The van der Waals surface area contributed by atoms with Gasteiger partial charge >= 0.3 is 0 Å². The van der Waals surface area contributed by atoms with Crippen LogP contribution >= 0.6 is 0 Å². The maximum atomic E-state index is 12.7. The largest absolute Gasteiger partial charge is 0.507 e. The minimum Gasteiger partial charge on any atom is -0.507 e.